The Bertz CT molecular complexity index is 1280. The maximum Gasteiger partial charge on any atom is 0.328 e. The van der Waals surface area contributed by atoms with E-state index in [2.05, 4.69) is 31.2 Å². The Hall–Kier alpha value is -2.29. The van der Waals surface area contributed by atoms with Gasteiger partial charge in [-0.1, -0.05) is 37.6 Å². The Kier molecular flexibility index (Phi) is 6.86. The third-order valence-corrected chi connectivity index (χ3v) is 9.54. The largest absolute Gasteiger partial charge is 0.459 e. The molecule has 3 aromatic rings. The summed E-state index contributed by atoms with van der Waals surface area (Å²) in [5.41, 5.74) is 2.22. The van der Waals surface area contributed by atoms with Gasteiger partial charge in [0, 0.05) is 31.6 Å². The van der Waals surface area contributed by atoms with Crippen LogP contribution in [0, 0.1) is 0 Å². The zero-order valence-corrected chi connectivity index (χ0v) is 21.7. The highest BCUT2D eigenvalue weighted by molar-refractivity contribution is 7.93. The lowest BCUT2D eigenvalue weighted by molar-refractivity contribution is -0.160. The minimum atomic E-state index is -4.03. The van der Waals surface area contributed by atoms with Crippen molar-refractivity contribution < 1.29 is 22.7 Å². The zero-order valence-electron chi connectivity index (χ0n) is 20.1. The number of hydrogen-bond acceptors (Lipinski definition) is 7. The summed E-state index contributed by atoms with van der Waals surface area (Å²) in [6.07, 6.45) is 2.26. The molecule has 4 rings (SSSR count). The van der Waals surface area contributed by atoms with Gasteiger partial charge in [0.1, 0.15) is 10.6 Å². The van der Waals surface area contributed by atoms with E-state index in [0.717, 1.165) is 33.6 Å². The fourth-order valence-electron chi connectivity index (χ4n) is 4.18. The molecule has 1 aliphatic rings. The van der Waals surface area contributed by atoms with E-state index in [0.29, 0.717) is 0 Å². The molecule has 0 atom stereocenters. The number of thiazole rings is 1. The van der Waals surface area contributed by atoms with Crippen LogP contribution >= 0.6 is 11.3 Å². The van der Waals surface area contributed by atoms with Gasteiger partial charge < -0.3 is 9.47 Å². The van der Waals surface area contributed by atoms with Crippen molar-refractivity contribution in [1.82, 2.24) is 4.98 Å². The van der Waals surface area contributed by atoms with Gasteiger partial charge >= 0.3 is 5.97 Å². The average molecular weight is 502 g/mol. The summed E-state index contributed by atoms with van der Waals surface area (Å²) in [6, 6.07) is 13.2. The summed E-state index contributed by atoms with van der Waals surface area (Å²) in [5.74, 6) is -0.708. The van der Waals surface area contributed by atoms with Crippen molar-refractivity contribution in [2.24, 2.45) is 0 Å². The molecule has 0 unspecified atom stereocenters. The SMILES string of the molecule is CCCc1ccc(-c2nc3ccc(S(=O)(=O)C4(C(=O)OC(C)(C)C)CCOCC4)cc3s2)cc1. The Morgan fingerprint density at radius 3 is 2.41 bits per heavy atom. The highest BCUT2D eigenvalue weighted by atomic mass is 32.2. The molecule has 1 aliphatic heterocycles. The first-order valence-electron chi connectivity index (χ1n) is 11.6. The Morgan fingerprint density at radius 1 is 1.12 bits per heavy atom. The van der Waals surface area contributed by atoms with Crippen molar-refractivity contribution in [2.45, 2.75) is 68.6 Å². The zero-order chi connectivity index (χ0) is 24.6. The third-order valence-electron chi connectivity index (χ3n) is 6.00. The summed E-state index contributed by atoms with van der Waals surface area (Å²) in [7, 11) is -4.03. The van der Waals surface area contributed by atoms with E-state index < -0.39 is 26.2 Å². The molecule has 0 saturated carbocycles. The first-order chi connectivity index (χ1) is 16.1. The van der Waals surface area contributed by atoms with Crippen LogP contribution < -0.4 is 0 Å². The minimum Gasteiger partial charge on any atom is -0.459 e. The van der Waals surface area contributed by atoms with Crippen molar-refractivity contribution in [2.75, 3.05) is 13.2 Å². The standard InChI is InChI=1S/C26H31NO5S2/c1-5-6-18-7-9-19(10-8-18)23-27-21-12-11-20(17-22(21)33-23)34(29,30)26(13-15-31-16-14-26)24(28)32-25(2,3)4/h7-12,17H,5-6,13-16H2,1-4H3. The summed E-state index contributed by atoms with van der Waals surface area (Å²) < 4.78 is 37.9. The number of aromatic nitrogens is 1. The fraction of sp³-hybridized carbons (Fsp3) is 0.462. The molecular formula is C26H31NO5S2. The molecule has 182 valence electrons. The molecule has 0 spiro atoms. The number of esters is 1. The van der Waals surface area contributed by atoms with Gasteiger partial charge in [-0.05, 0) is 51.0 Å². The molecule has 6 nitrogen and oxygen atoms in total. The molecule has 2 heterocycles. The van der Waals surface area contributed by atoms with Gasteiger partial charge in [-0.15, -0.1) is 11.3 Å². The molecule has 1 aromatic heterocycles. The fourth-order valence-corrected chi connectivity index (χ4v) is 7.20. The minimum absolute atomic E-state index is 0.0698. The lowest BCUT2D eigenvalue weighted by Gasteiger charge is -2.36. The van der Waals surface area contributed by atoms with Gasteiger partial charge in [0.05, 0.1) is 15.1 Å². The van der Waals surface area contributed by atoms with Crippen LogP contribution in [0.2, 0.25) is 0 Å². The molecule has 34 heavy (non-hydrogen) atoms. The molecule has 2 aromatic carbocycles. The second-order valence-corrected chi connectivity index (χ2v) is 13.0. The maximum absolute atomic E-state index is 13.9. The predicted octanol–water partition coefficient (Wildman–Crippen LogP) is 5.58. The van der Waals surface area contributed by atoms with E-state index in [9.17, 15) is 13.2 Å². The number of nitrogens with zero attached hydrogens (tertiary/aromatic N) is 1. The van der Waals surface area contributed by atoms with E-state index in [1.165, 1.54) is 16.9 Å². The Balaban J connectivity index is 1.71. The van der Waals surface area contributed by atoms with Gasteiger partial charge in [0.15, 0.2) is 14.6 Å². The number of sulfone groups is 1. The van der Waals surface area contributed by atoms with Crippen molar-refractivity contribution in [3.8, 4) is 10.6 Å². The van der Waals surface area contributed by atoms with Gasteiger partial charge in [-0.3, -0.25) is 4.79 Å². The highest BCUT2D eigenvalue weighted by Crippen LogP contribution is 2.39. The van der Waals surface area contributed by atoms with Gasteiger partial charge in [0.2, 0.25) is 0 Å². The molecule has 1 saturated heterocycles. The average Bonchev–Trinajstić information content (AvgIpc) is 3.22. The number of carbonyl (C=O) groups is 1. The van der Waals surface area contributed by atoms with Crippen LogP contribution in [0.5, 0.6) is 0 Å². The molecule has 1 fully saturated rings. The van der Waals surface area contributed by atoms with Crippen LogP contribution in [-0.2, 0) is 30.5 Å². The first kappa shape index (κ1) is 24.8. The molecular weight excluding hydrogens is 470 g/mol. The highest BCUT2D eigenvalue weighted by Gasteiger charge is 2.54. The van der Waals surface area contributed by atoms with Crippen molar-refractivity contribution in [3.05, 3.63) is 48.0 Å². The quantitative estimate of drug-likeness (QED) is 0.410. The topological polar surface area (TPSA) is 82.6 Å². The van der Waals surface area contributed by atoms with Crippen LogP contribution in [0.15, 0.2) is 47.4 Å². The molecule has 0 aliphatic carbocycles. The molecule has 0 bridgehead atoms. The number of rotatable bonds is 6. The smallest absolute Gasteiger partial charge is 0.328 e. The number of fused-ring (bicyclic) bond motifs is 1. The maximum atomic E-state index is 13.9. The first-order valence-corrected chi connectivity index (χ1v) is 13.9. The van der Waals surface area contributed by atoms with Crippen LogP contribution in [0.3, 0.4) is 0 Å². The van der Waals surface area contributed by atoms with Gasteiger partial charge in [0.25, 0.3) is 0 Å². The lowest BCUT2D eigenvalue weighted by atomic mass is 9.99. The molecule has 0 amide bonds. The van der Waals surface area contributed by atoms with E-state index >= 15 is 0 Å². The molecule has 8 heteroatoms. The van der Waals surface area contributed by atoms with Gasteiger partial charge in [-0.2, -0.15) is 0 Å². The van der Waals surface area contributed by atoms with E-state index in [4.69, 9.17) is 14.5 Å². The van der Waals surface area contributed by atoms with E-state index in [1.807, 2.05) is 0 Å². The normalized spacial score (nSPS) is 16.5. The predicted molar refractivity (Wildman–Crippen MR) is 135 cm³/mol. The molecule has 0 N–H and O–H groups in total. The number of ether oxygens (including phenoxy) is 2. The van der Waals surface area contributed by atoms with Crippen LogP contribution in [0.25, 0.3) is 20.8 Å². The number of hydrogen-bond donors (Lipinski definition) is 0. The second-order valence-electron chi connectivity index (χ2n) is 9.71. The van der Waals surface area contributed by atoms with Crippen LogP contribution in [0.1, 0.15) is 52.5 Å². The number of benzene rings is 2. The summed E-state index contributed by atoms with van der Waals surface area (Å²) >= 11 is 1.45. The summed E-state index contributed by atoms with van der Waals surface area (Å²) in [5, 5.41) is 0.834. The van der Waals surface area contributed by atoms with Crippen LogP contribution in [-0.4, -0.2) is 42.9 Å². The van der Waals surface area contributed by atoms with E-state index in [-0.39, 0.29) is 31.0 Å². The summed E-state index contributed by atoms with van der Waals surface area (Å²) in [6.45, 7) is 7.76. The third kappa shape index (κ3) is 4.76. The van der Waals surface area contributed by atoms with E-state index in [1.54, 1.807) is 39.0 Å². The Labute approximate surface area is 205 Å². The second kappa shape index (κ2) is 9.40. The van der Waals surface area contributed by atoms with Crippen molar-refractivity contribution in [3.63, 3.8) is 0 Å². The van der Waals surface area contributed by atoms with Crippen molar-refractivity contribution in [1.29, 1.82) is 0 Å². The van der Waals surface area contributed by atoms with Crippen molar-refractivity contribution >= 4 is 37.4 Å². The summed E-state index contributed by atoms with van der Waals surface area (Å²) in [4.78, 5) is 18.0. The van der Waals surface area contributed by atoms with Crippen LogP contribution in [0.4, 0.5) is 0 Å². The number of aryl methyl sites for hydroxylation is 1. The monoisotopic (exact) mass is 501 g/mol. The van der Waals surface area contributed by atoms with Gasteiger partial charge in [-0.25, -0.2) is 13.4 Å². The lowest BCUT2D eigenvalue weighted by Crippen LogP contribution is -2.53. The molecule has 0 radical (unpaired) electrons. The number of carbonyl (C=O) groups excluding carboxylic acids is 1. The Morgan fingerprint density at radius 2 is 1.79 bits per heavy atom.